The van der Waals surface area contributed by atoms with Crippen molar-refractivity contribution in [1.29, 1.82) is 0 Å². The summed E-state index contributed by atoms with van der Waals surface area (Å²) >= 11 is 0. The Morgan fingerprint density at radius 2 is 0.486 bits per heavy atom. The second kappa shape index (κ2) is 35.5. The molecule has 0 aromatic heterocycles. The summed E-state index contributed by atoms with van der Waals surface area (Å²) in [6, 6.07) is 0. The van der Waals surface area contributed by atoms with Crippen LogP contribution in [-0.4, -0.2) is 159 Å². The highest BCUT2D eigenvalue weighted by Gasteiger charge is 1.96. The Hall–Kier alpha value is -0.480. The standard InChI is InChI=1S/C25H53NO11/c1-3-27-6-7-29-10-11-31-14-15-33-18-19-35-22-23-37-25-24-36-21-20-34-17-16-32-13-12-30-9-8-28-5-4-26-2/h26H,3-25H2,1-2H3. The van der Waals surface area contributed by atoms with Crippen molar-refractivity contribution >= 4 is 0 Å². The molecule has 0 aliphatic rings. The molecule has 0 bridgehead atoms. The smallest absolute Gasteiger partial charge is 0.0701 e. The molecule has 0 unspecified atom stereocenters. The van der Waals surface area contributed by atoms with Gasteiger partial charge in [-0.2, -0.15) is 0 Å². The van der Waals surface area contributed by atoms with Gasteiger partial charge in [0.2, 0.25) is 0 Å². The fourth-order valence-corrected chi connectivity index (χ4v) is 2.52. The number of nitrogens with one attached hydrogen (secondary N) is 1. The Morgan fingerprint density at radius 3 is 0.676 bits per heavy atom. The Bertz CT molecular complexity index is 364. The van der Waals surface area contributed by atoms with E-state index in [4.69, 9.17) is 52.1 Å². The Balaban J connectivity index is 3.00. The summed E-state index contributed by atoms with van der Waals surface area (Å²) in [5, 5.41) is 3.02. The van der Waals surface area contributed by atoms with Crippen LogP contribution >= 0.6 is 0 Å². The molecule has 0 aliphatic heterocycles. The first-order valence-corrected chi connectivity index (χ1v) is 13.4. The molecule has 0 saturated heterocycles. The van der Waals surface area contributed by atoms with Gasteiger partial charge < -0.3 is 57.4 Å². The molecule has 224 valence electrons. The van der Waals surface area contributed by atoms with E-state index < -0.39 is 0 Å². The minimum Gasteiger partial charge on any atom is -0.379 e. The molecule has 37 heavy (non-hydrogen) atoms. The largest absolute Gasteiger partial charge is 0.379 e. The third-order valence-electron chi connectivity index (χ3n) is 4.42. The first-order chi connectivity index (χ1) is 18.4. The van der Waals surface area contributed by atoms with E-state index in [1.807, 2.05) is 14.0 Å². The summed E-state index contributed by atoms with van der Waals surface area (Å²) in [4.78, 5) is 0. The lowest BCUT2D eigenvalue weighted by Gasteiger charge is -2.09. The van der Waals surface area contributed by atoms with Crippen molar-refractivity contribution in [3.63, 3.8) is 0 Å². The molecule has 0 spiro atoms. The number of hydrogen-bond acceptors (Lipinski definition) is 12. The average molecular weight is 544 g/mol. The molecule has 0 amide bonds. The maximum Gasteiger partial charge on any atom is 0.0701 e. The van der Waals surface area contributed by atoms with Crippen molar-refractivity contribution in [2.75, 3.05) is 159 Å². The van der Waals surface area contributed by atoms with E-state index in [0.29, 0.717) is 145 Å². The van der Waals surface area contributed by atoms with E-state index in [1.54, 1.807) is 0 Å². The lowest BCUT2D eigenvalue weighted by Crippen LogP contribution is -2.17. The van der Waals surface area contributed by atoms with Gasteiger partial charge in [-0.05, 0) is 14.0 Å². The van der Waals surface area contributed by atoms with Gasteiger partial charge in [-0.25, -0.2) is 0 Å². The molecule has 0 rings (SSSR count). The topological polar surface area (TPSA) is 114 Å². The molecule has 0 aromatic rings. The fourth-order valence-electron chi connectivity index (χ4n) is 2.52. The molecule has 0 saturated carbocycles. The summed E-state index contributed by atoms with van der Waals surface area (Å²) in [5.74, 6) is 0. The second-order valence-electron chi connectivity index (χ2n) is 7.42. The maximum absolute atomic E-state index is 5.46. The lowest BCUT2D eigenvalue weighted by atomic mass is 10.6. The highest BCUT2D eigenvalue weighted by Crippen LogP contribution is 1.86. The van der Waals surface area contributed by atoms with Gasteiger partial charge >= 0.3 is 0 Å². The quantitative estimate of drug-likeness (QED) is 0.113. The summed E-state index contributed by atoms with van der Waals surface area (Å²) in [6.45, 7) is 15.2. The predicted octanol–water partition coefficient (Wildman–Crippen LogP) is 0.408. The Morgan fingerprint density at radius 1 is 0.297 bits per heavy atom. The van der Waals surface area contributed by atoms with Crippen LogP contribution in [0.15, 0.2) is 0 Å². The second-order valence-corrected chi connectivity index (χ2v) is 7.42. The van der Waals surface area contributed by atoms with Gasteiger partial charge in [0, 0.05) is 13.2 Å². The summed E-state index contributed by atoms with van der Waals surface area (Å²) in [5.41, 5.74) is 0. The first kappa shape index (κ1) is 36.5. The van der Waals surface area contributed by atoms with Crippen LogP contribution in [0.4, 0.5) is 0 Å². The Kier molecular flexibility index (Phi) is 35.1. The van der Waals surface area contributed by atoms with Crippen molar-refractivity contribution in [1.82, 2.24) is 5.32 Å². The maximum atomic E-state index is 5.46. The molecular weight excluding hydrogens is 490 g/mol. The van der Waals surface area contributed by atoms with Crippen LogP contribution in [0.2, 0.25) is 0 Å². The molecule has 0 aromatic carbocycles. The molecule has 0 heterocycles. The summed E-state index contributed by atoms with van der Waals surface area (Å²) in [6.07, 6.45) is 0. The highest BCUT2D eigenvalue weighted by molar-refractivity contribution is 4.39. The van der Waals surface area contributed by atoms with E-state index in [9.17, 15) is 0 Å². The van der Waals surface area contributed by atoms with Gasteiger partial charge in [0.15, 0.2) is 0 Å². The van der Waals surface area contributed by atoms with Gasteiger partial charge in [-0.1, -0.05) is 0 Å². The van der Waals surface area contributed by atoms with Crippen LogP contribution in [-0.2, 0) is 52.1 Å². The third kappa shape index (κ3) is 35.5. The molecule has 0 aliphatic carbocycles. The molecule has 0 atom stereocenters. The van der Waals surface area contributed by atoms with Crippen molar-refractivity contribution in [2.45, 2.75) is 6.92 Å². The lowest BCUT2D eigenvalue weighted by molar-refractivity contribution is -0.0273. The summed E-state index contributed by atoms with van der Waals surface area (Å²) < 4.78 is 59.4. The van der Waals surface area contributed by atoms with Crippen LogP contribution in [0.1, 0.15) is 6.92 Å². The van der Waals surface area contributed by atoms with Crippen LogP contribution in [0.3, 0.4) is 0 Å². The molecular formula is C25H53NO11. The van der Waals surface area contributed by atoms with Crippen molar-refractivity contribution in [3.8, 4) is 0 Å². The van der Waals surface area contributed by atoms with E-state index in [2.05, 4.69) is 5.32 Å². The van der Waals surface area contributed by atoms with Gasteiger partial charge in [0.1, 0.15) is 0 Å². The van der Waals surface area contributed by atoms with E-state index in [-0.39, 0.29) is 0 Å². The molecule has 0 radical (unpaired) electrons. The molecule has 0 fully saturated rings. The zero-order valence-corrected chi connectivity index (χ0v) is 23.3. The zero-order valence-electron chi connectivity index (χ0n) is 23.3. The van der Waals surface area contributed by atoms with E-state index >= 15 is 0 Å². The van der Waals surface area contributed by atoms with Crippen LogP contribution < -0.4 is 5.32 Å². The third-order valence-corrected chi connectivity index (χ3v) is 4.42. The van der Waals surface area contributed by atoms with E-state index in [0.717, 1.165) is 6.54 Å². The number of rotatable bonds is 34. The average Bonchev–Trinajstić information content (AvgIpc) is 2.91. The normalized spacial score (nSPS) is 11.5. The zero-order chi connectivity index (χ0) is 26.7. The minimum absolute atomic E-state index is 0.524. The van der Waals surface area contributed by atoms with Gasteiger partial charge in [-0.15, -0.1) is 0 Å². The predicted molar refractivity (Wildman–Crippen MR) is 139 cm³/mol. The summed E-state index contributed by atoms with van der Waals surface area (Å²) in [7, 11) is 1.90. The molecule has 1 N–H and O–H groups in total. The minimum atomic E-state index is 0.524. The van der Waals surface area contributed by atoms with Crippen molar-refractivity contribution < 1.29 is 52.1 Å². The van der Waals surface area contributed by atoms with E-state index in [1.165, 1.54) is 0 Å². The van der Waals surface area contributed by atoms with Crippen molar-refractivity contribution in [3.05, 3.63) is 0 Å². The van der Waals surface area contributed by atoms with Gasteiger partial charge in [0.25, 0.3) is 0 Å². The number of ether oxygens (including phenoxy) is 11. The number of hydrogen-bond donors (Lipinski definition) is 1. The van der Waals surface area contributed by atoms with Crippen LogP contribution in [0.25, 0.3) is 0 Å². The SMILES string of the molecule is CCOCCOCCOCCOCCOCCOCCOCCOCCOCCOCCOCCNC. The van der Waals surface area contributed by atoms with Gasteiger partial charge in [-0.3, -0.25) is 0 Å². The van der Waals surface area contributed by atoms with Crippen LogP contribution in [0.5, 0.6) is 0 Å². The highest BCUT2D eigenvalue weighted by atomic mass is 16.6. The monoisotopic (exact) mass is 543 g/mol. The van der Waals surface area contributed by atoms with Crippen molar-refractivity contribution in [2.24, 2.45) is 0 Å². The Labute approximate surface area is 223 Å². The molecule has 12 nitrogen and oxygen atoms in total. The first-order valence-electron chi connectivity index (χ1n) is 13.4. The number of likely N-dealkylation sites (N-methyl/N-ethyl adjacent to an activating group) is 1. The van der Waals surface area contributed by atoms with Crippen LogP contribution in [0, 0.1) is 0 Å². The fraction of sp³-hybridized carbons (Fsp3) is 1.00. The van der Waals surface area contributed by atoms with Gasteiger partial charge in [0.05, 0.1) is 139 Å². The molecule has 12 heteroatoms.